The summed E-state index contributed by atoms with van der Waals surface area (Å²) in [4.78, 5) is 27.5. The Bertz CT molecular complexity index is 1250. The number of ether oxygens (including phenoxy) is 1. The molecule has 0 amide bonds. The first-order chi connectivity index (χ1) is 19.3. The number of benzene rings is 3. The fourth-order valence-electron chi connectivity index (χ4n) is 4.51. The number of thioether (sulfide) groups is 1. The highest BCUT2D eigenvalue weighted by Gasteiger charge is 2.50. The van der Waals surface area contributed by atoms with Gasteiger partial charge in [0.2, 0.25) is 0 Å². The van der Waals surface area contributed by atoms with Gasteiger partial charge in [-0.05, 0) is 43.4 Å². The lowest BCUT2D eigenvalue weighted by atomic mass is 9.99. The molecule has 0 saturated carbocycles. The second-order valence-electron chi connectivity index (χ2n) is 9.52. The second-order valence-corrected chi connectivity index (χ2v) is 13.0. The van der Waals surface area contributed by atoms with Crippen LogP contribution in [0.5, 0.6) is 0 Å². The van der Waals surface area contributed by atoms with E-state index < -0.39 is 29.7 Å². The van der Waals surface area contributed by atoms with Crippen molar-refractivity contribution in [3.8, 4) is 11.1 Å². The van der Waals surface area contributed by atoms with Gasteiger partial charge in [-0.3, -0.25) is 14.2 Å². The average Bonchev–Trinajstić information content (AvgIpc) is 2.96. The topological polar surface area (TPSA) is 78.9 Å². The molecule has 0 aliphatic heterocycles. The van der Waals surface area contributed by atoms with E-state index in [1.165, 1.54) is 11.8 Å². The van der Waals surface area contributed by atoms with E-state index in [0.717, 1.165) is 16.7 Å². The van der Waals surface area contributed by atoms with Crippen LogP contribution in [0.1, 0.15) is 55.8 Å². The van der Waals surface area contributed by atoms with Crippen LogP contribution in [0.3, 0.4) is 0 Å². The van der Waals surface area contributed by atoms with E-state index in [0.29, 0.717) is 5.56 Å². The third-order valence-electron chi connectivity index (χ3n) is 6.37. The summed E-state index contributed by atoms with van der Waals surface area (Å²) >= 11 is 1.31. The SMILES string of the molecule is CCOC(=O)C(C(SC(C(=O)c1ccc(-c2ccccc2)cc1)c1ccccc1)C(C)C)P(=O)(OCC)OCC. The first-order valence-corrected chi connectivity index (χ1v) is 16.3. The maximum absolute atomic E-state index is 14.1. The quantitative estimate of drug-likeness (QED) is 0.101. The number of esters is 1. The Kier molecular flexibility index (Phi) is 12.2. The summed E-state index contributed by atoms with van der Waals surface area (Å²) < 4.78 is 30.8. The van der Waals surface area contributed by atoms with Crippen LogP contribution >= 0.6 is 19.4 Å². The monoisotopic (exact) mass is 582 g/mol. The number of hydrogen-bond acceptors (Lipinski definition) is 7. The van der Waals surface area contributed by atoms with Crippen molar-refractivity contribution in [2.75, 3.05) is 19.8 Å². The lowest BCUT2D eigenvalue weighted by Gasteiger charge is -2.34. The molecule has 0 aliphatic carbocycles. The van der Waals surface area contributed by atoms with Gasteiger partial charge in [0.15, 0.2) is 11.4 Å². The van der Waals surface area contributed by atoms with E-state index in [1.54, 1.807) is 20.8 Å². The highest BCUT2D eigenvalue weighted by atomic mass is 32.2. The first-order valence-electron chi connectivity index (χ1n) is 13.7. The third-order valence-corrected chi connectivity index (χ3v) is 10.9. The van der Waals surface area contributed by atoms with E-state index in [2.05, 4.69) is 0 Å². The van der Waals surface area contributed by atoms with Crippen molar-refractivity contribution in [1.82, 2.24) is 0 Å². The minimum absolute atomic E-state index is 0.105. The molecule has 0 aromatic heterocycles. The minimum atomic E-state index is -3.92. The predicted molar refractivity (Wildman–Crippen MR) is 163 cm³/mol. The fourth-order valence-corrected chi connectivity index (χ4v) is 8.78. The van der Waals surface area contributed by atoms with Crippen LogP contribution in [0.25, 0.3) is 11.1 Å². The molecule has 0 bridgehead atoms. The van der Waals surface area contributed by atoms with Gasteiger partial charge >= 0.3 is 13.6 Å². The van der Waals surface area contributed by atoms with Crippen molar-refractivity contribution in [2.24, 2.45) is 5.92 Å². The maximum atomic E-state index is 14.1. The summed E-state index contributed by atoms with van der Waals surface area (Å²) in [5, 5.41) is -1.26. The van der Waals surface area contributed by atoms with Gasteiger partial charge in [0.25, 0.3) is 0 Å². The van der Waals surface area contributed by atoms with Crippen LogP contribution in [0.2, 0.25) is 0 Å². The van der Waals surface area contributed by atoms with Gasteiger partial charge in [0, 0.05) is 10.8 Å². The zero-order valence-corrected chi connectivity index (χ0v) is 25.5. The van der Waals surface area contributed by atoms with Gasteiger partial charge in [-0.2, -0.15) is 0 Å². The highest BCUT2D eigenvalue weighted by Crippen LogP contribution is 2.58. The zero-order chi connectivity index (χ0) is 29.1. The molecule has 0 aliphatic rings. The van der Waals surface area contributed by atoms with Crippen molar-refractivity contribution >= 4 is 31.1 Å². The summed E-state index contributed by atoms with van der Waals surface area (Å²) in [7, 11) is -3.92. The largest absolute Gasteiger partial charge is 0.465 e. The molecule has 0 heterocycles. The Balaban J connectivity index is 2.05. The van der Waals surface area contributed by atoms with Gasteiger partial charge in [-0.15, -0.1) is 11.8 Å². The lowest BCUT2D eigenvalue weighted by Crippen LogP contribution is -2.39. The van der Waals surface area contributed by atoms with E-state index in [4.69, 9.17) is 13.8 Å². The normalized spacial score (nSPS) is 13.9. The third kappa shape index (κ3) is 7.94. The Morgan fingerprint density at radius 1 is 0.750 bits per heavy atom. The molecule has 0 spiro atoms. The van der Waals surface area contributed by atoms with Crippen molar-refractivity contribution < 1.29 is 27.9 Å². The molecule has 3 rings (SSSR count). The summed E-state index contributed by atoms with van der Waals surface area (Å²) in [6.07, 6.45) is 0. The molecule has 0 fully saturated rings. The number of Topliss-reactive ketones (excluding diaryl/α,β-unsaturated/α-hetero) is 1. The van der Waals surface area contributed by atoms with Crippen LogP contribution in [0.15, 0.2) is 84.9 Å². The molecule has 0 N–H and O–H groups in total. The van der Waals surface area contributed by atoms with Gasteiger partial charge in [-0.25, -0.2) is 0 Å². The number of carbonyl (C=O) groups excluding carboxylic acids is 2. The zero-order valence-electron chi connectivity index (χ0n) is 23.8. The van der Waals surface area contributed by atoms with Gasteiger partial charge in [0.05, 0.1) is 25.1 Å². The van der Waals surface area contributed by atoms with Crippen molar-refractivity contribution in [1.29, 1.82) is 0 Å². The summed E-state index contributed by atoms with van der Waals surface area (Å²) in [6.45, 7) is 9.34. The predicted octanol–water partition coefficient (Wildman–Crippen LogP) is 8.23. The first kappa shape index (κ1) is 31.8. The second kappa shape index (κ2) is 15.3. The molecular formula is C32H39O6PS. The standard InChI is InChI=1S/C32H39O6PS/c1-6-36-32(34)29(39(35,37-7-2)38-8-3)30(23(4)5)40-31(27-17-13-10-14-18-27)28(33)26-21-19-25(20-22-26)24-15-11-9-12-16-24/h9-23,29-31H,6-8H2,1-5H3. The van der Waals surface area contributed by atoms with E-state index >= 15 is 0 Å². The Morgan fingerprint density at radius 2 is 1.27 bits per heavy atom. The molecule has 0 saturated heterocycles. The minimum Gasteiger partial charge on any atom is -0.465 e. The molecule has 214 valence electrons. The van der Waals surface area contributed by atoms with E-state index in [1.807, 2.05) is 98.8 Å². The highest BCUT2D eigenvalue weighted by molar-refractivity contribution is 8.01. The molecular weight excluding hydrogens is 543 g/mol. The van der Waals surface area contributed by atoms with Crippen LogP contribution in [0, 0.1) is 5.92 Å². The van der Waals surface area contributed by atoms with Crippen molar-refractivity contribution in [2.45, 2.75) is 50.8 Å². The molecule has 3 atom stereocenters. The molecule has 6 nitrogen and oxygen atoms in total. The Hall–Kier alpha value is -2.70. The lowest BCUT2D eigenvalue weighted by molar-refractivity contribution is -0.143. The maximum Gasteiger partial charge on any atom is 0.346 e. The van der Waals surface area contributed by atoms with Crippen LogP contribution < -0.4 is 0 Å². The summed E-state index contributed by atoms with van der Waals surface area (Å²) in [5.41, 5.74) is 2.22. The van der Waals surface area contributed by atoms with Crippen LogP contribution in [0.4, 0.5) is 0 Å². The summed E-state index contributed by atoms with van der Waals surface area (Å²) in [5.74, 6) is -0.912. The summed E-state index contributed by atoms with van der Waals surface area (Å²) in [6, 6.07) is 27.0. The fraction of sp³-hybridized carbons (Fsp3) is 0.375. The van der Waals surface area contributed by atoms with Crippen molar-refractivity contribution in [3.05, 3.63) is 96.1 Å². The van der Waals surface area contributed by atoms with Crippen LogP contribution in [-0.4, -0.2) is 42.5 Å². The number of rotatable bonds is 15. The van der Waals surface area contributed by atoms with E-state index in [9.17, 15) is 14.2 Å². The molecule has 3 unspecified atom stereocenters. The van der Waals surface area contributed by atoms with E-state index in [-0.39, 0.29) is 31.5 Å². The number of hydrogen-bond donors (Lipinski definition) is 0. The molecule has 3 aromatic carbocycles. The Labute approximate surface area is 242 Å². The average molecular weight is 583 g/mol. The Morgan fingerprint density at radius 3 is 1.77 bits per heavy atom. The molecule has 40 heavy (non-hydrogen) atoms. The number of ketones is 1. The molecule has 8 heteroatoms. The van der Waals surface area contributed by atoms with Gasteiger partial charge in [-0.1, -0.05) is 98.8 Å². The van der Waals surface area contributed by atoms with Gasteiger partial charge in [0.1, 0.15) is 0 Å². The molecule has 3 aromatic rings. The van der Waals surface area contributed by atoms with Crippen molar-refractivity contribution in [3.63, 3.8) is 0 Å². The van der Waals surface area contributed by atoms with Crippen LogP contribution in [-0.2, 0) is 23.1 Å². The smallest absolute Gasteiger partial charge is 0.346 e. The number of carbonyl (C=O) groups is 2. The van der Waals surface area contributed by atoms with Gasteiger partial charge < -0.3 is 13.8 Å². The molecule has 0 radical (unpaired) electrons.